The number of thiophene rings is 1. The van der Waals surface area contributed by atoms with Gasteiger partial charge in [0, 0.05) is 57.5 Å². The topological polar surface area (TPSA) is 90.2 Å². The molecule has 3 amide bonds. The van der Waals surface area contributed by atoms with Gasteiger partial charge in [0.2, 0.25) is 11.8 Å². The standard InChI is InChI=1S/C35H47N5O3S/c1-35(2,36)19-11-16-32(41)37(3)30(24-26-17-18-27-13-7-8-14-28(27)23-26)33(42)38(4)31(25-29-15-12-22-44-29)34(43)39(5)40-20-9-6-10-21-40/h7-8,11-18,22-23,30-31H,6,9-10,19-21,24-25,36H2,1-5H3/t30-,31-/m1/s1. The van der Waals surface area contributed by atoms with Crippen LogP contribution >= 0.6 is 11.3 Å². The molecule has 1 aliphatic rings. The summed E-state index contributed by atoms with van der Waals surface area (Å²) in [5.74, 6) is -0.684. The van der Waals surface area contributed by atoms with Crippen molar-refractivity contribution in [3.63, 3.8) is 0 Å². The number of nitrogens with two attached hydrogens (primary N) is 1. The number of likely N-dealkylation sites (N-methyl/N-ethyl adjacent to an activating group) is 3. The molecule has 236 valence electrons. The molecule has 2 heterocycles. The number of amides is 3. The second-order valence-corrected chi connectivity index (χ2v) is 13.6. The number of hydrogen-bond donors (Lipinski definition) is 1. The van der Waals surface area contributed by atoms with E-state index < -0.39 is 17.6 Å². The SMILES string of the molecule is CN(C(=O)C=CCC(C)(C)N)[C@H](Cc1ccc2ccccc2c1)C(=O)N(C)[C@H](Cc1cccs1)C(=O)N(C)N1CCCCC1. The number of piperidine rings is 1. The largest absolute Gasteiger partial charge is 0.331 e. The second-order valence-electron chi connectivity index (χ2n) is 12.6. The maximum atomic E-state index is 14.5. The van der Waals surface area contributed by atoms with Gasteiger partial charge in [0.1, 0.15) is 12.1 Å². The first kappa shape index (κ1) is 33.4. The number of hydrazine groups is 1. The van der Waals surface area contributed by atoms with Gasteiger partial charge >= 0.3 is 0 Å². The van der Waals surface area contributed by atoms with Gasteiger partial charge in [0.05, 0.1) is 0 Å². The van der Waals surface area contributed by atoms with Crippen LogP contribution in [0, 0.1) is 0 Å². The third-order valence-corrected chi connectivity index (χ3v) is 9.30. The average molecular weight is 618 g/mol. The number of hydrogen-bond acceptors (Lipinski definition) is 6. The number of nitrogens with zero attached hydrogens (tertiary/aromatic N) is 4. The summed E-state index contributed by atoms with van der Waals surface area (Å²) < 4.78 is 0. The van der Waals surface area contributed by atoms with Crippen LogP contribution in [0.4, 0.5) is 0 Å². The summed E-state index contributed by atoms with van der Waals surface area (Å²) in [6, 6.07) is 16.6. The number of carbonyl (C=O) groups excluding carboxylic acids is 3. The van der Waals surface area contributed by atoms with Crippen LogP contribution in [0.15, 0.2) is 72.1 Å². The van der Waals surface area contributed by atoms with Gasteiger partial charge in [-0.3, -0.25) is 19.4 Å². The van der Waals surface area contributed by atoms with E-state index in [4.69, 9.17) is 5.73 Å². The van der Waals surface area contributed by atoms with Crippen molar-refractivity contribution in [1.82, 2.24) is 19.8 Å². The fourth-order valence-corrected chi connectivity index (χ4v) is 6.39. The van der Waals surface area contributed by atoms with Crippen molar-refractivity contribution in [2.45, 2.75) is 70.0 Å². The van der Waals surface area contributed by atoms with Crippen molar-refractivity contribution in [2.75, 3.05) is 34.2 Å². The highest BCUT2D eigenvalue weighted by Crippen LogP contribution is 2.22. The Labute approximate surface area is 266 Å². The van der Waals surface area contributed by atoms with Crippen molar-refractivity contribution in [3.05, 3.63) is 82.6 Å². The molecule has 2 atom stereocenters. The van der Waals surface area contributed by atoms with Gasteiger partial charge in [0.25, 0.3) is 5.91 Å². The molecule has 0 aliphatic carbocycles. The Kier molecular flexibility index (Phi) is 11.4. The number of carbonyl (C=O) groups is 3. The zero-order valence-corrected chi connectivity index (χ0v) is 27.6. The summed E-state index contributed by atoms with van der Waals surface area (Å²) in [7, 11) is 5.16. The fourth-order valence-electron chi connectivity index (χ4n) is 5.64. The van der Waals surface area contributed by atoms with Crippen LogP contribution in [0.1, 0.15) is 50.0 Å². The minimum atomic E-state index is -0.817. The molecule has 0 bridgehead atoms. The smallest absolute Gasteiger partial charge is 0.259 e. The number of rotatable bonds is 12. The summed E-state index contributed by atoms with van der Waals surface area (Å²) in [6.07, 6.45) is 7.73. The van der Waals surface area contributed by atoms with E-state index in [1.54, 1.807) is 48.5 Å². The van der Waals surface area contributed by atoms with Crippen LogP contribution in [-0.2, 0) is 27.2 Å². The molecule has 2 aromatic carbocycles. The van der Waals surface area contributed by atoms with Gasteiger partial charge in [-0.25, -0.2) is 5.01 Å². The highest BCUT2D eigenvalue weighted by molar-refractivity contribution is 7.09. The van der Waals surface area contributed by atoms with E-state index >= 15 is 0 Å². The van der Waals surface area contributed by atoms with E-state index in [1.807, 2.05) is 61.7 Å². The quantitative estimate of drug-likeness (QED) is 0.293. The molecule has 2 N–H and O–H groups in total. The molecule has 0 unspecified atom stereocenters. The van der Waals surface area contributed by atoms with E-state index in [0.29, 0.717) is 19.3 Å². The van der Waals surface area contributed by atoms with Crippen molar-refractivity contribution in [2.24, 2.45) is 5.73 Å². The monoisotopic (exact) mass is 617 g/mol. The average Bonchev–Trinajstić information content (AvgIpc) is 3.54. The first-order valence-electron chi connectivity index (χ1n) is 15.5. The summed E-state index contributed by atoms with van der Waals surface area (Å²) in [5, 5.41) is 7.94. The molecule has 1 aliphatic heterocycles. The van der Waals surface area contributed by atoms with Gasteiger partial charge in [-0.15, -0.1) is 11.3 Å². The van der Waals surface area contributed by atoms with Crippen LogP contribution in [0.25, 0.3) is 10.8 Å². The zero-order chi connectivity index (χ0) is 31.9. The summed E-state index contributed by atoms with van der Waals surface area (Å²) in [5.41, 5.74) is 6.60. The van der Waals surface area contributed by atoms with E-state index in [9.17, 15) is 14.4 Å². The summed E-state index contributed by atoms with van der Waals surface area (Å²) >= 11 is 1.57. The molecule has 0 spiro atoms. The molecule has 1 fully saturated rings. The fraction of sp³-hybridized carbons (Fsp3) is 0.457. The number of fused-ring (bicyclic) bond motifs is 1. The maximum absolute atomic E-state index is 14.5. The normalized spacial score (nSPS) is 15.7. The molecule has 8 nitrogen and oxygen atoms in total. The summed E-state index contributed by atoms with van der Waals surface area (Å²) in [6.45, 7) is 5.44. The van der Waals surface area contributed by atoms with Crippen LogP contribution in [0.2, 0.25) is 0 Å². The number of benzene rings is 2. The van der Waals surface area contributed by atoms with Gasteiger partial charge in [-0.05, 0) is 67.0 Å². The lowest BCUT2D eigenvalue weighted by Crippen LogP contribution is -2.58. The predicted octanol–water partition coefficient (Wildman–Crippen LogP) is 4.88. The highest BCUT2D eigenvalue weighted by atomic mass is 32.1. The van der Waals surface area contributed by atoms with E-state index in [-0.39, 0.29) is 17.7 Å². The third kappa shape index (κ3) is 8.77. The third-order valence-electron chi connectivity index (χ3n) is 8.40. The molecular weight excluding hydrogens is 570 g/mol. The molecule has 1 aromatic heterocycles. The Morgan fingerprint density at radius 3 is 2.23 bits per heavy atom. The van der Waals surface area contributed by atoms with Crippen molar-refractivity contribution in [1.29, 1.82) is 0 Å². The lowest BCUT2D eigenvalue weighted by molar-refractivity contribution is -0.158. The molecule has 3 aromatic rings. The van der Waals surface area contributed by atoms with Gasteiger partial charge < -0.3 is 15.5 Å². The van der Waals surface area contributed by atoms with E-state index in [0.717, 1.165) is 53.6 Å². The zero-order valence-electron chi connectivity index (χ0n) is 26.7. The summed E-state index contributed by atoms with van der Waals surface area (Å²) in [4.78, 5) is 46.0. The Hall–Kier alpha value is -3.53. The van der Waals surface area contributed by atoms with Crippen LogP contribution in [0.5, 0.6) is 0 Å². The highest BCUT2D eigenvalue weighted by Gasteiger charge is 2.37. The Balaban J connectivity index is 1.64. The predicted molar refractivity (Wildman–Crippen MR) is 179 cm³/mol. The van der Waals surface area contributed by atoms with Crippen molar-refractivity contribution >= 4 is 39.8 Å². The molecule has 9 heteroatoms. The van der Waals surface area contributed by atoms with E-state index in [1.165, 1.54) is 11.0 Å². The molecule has 1 saturated heterocycles. The van der Waals surface area contributed by atoms with Gasteiger partial charge in [-0.2, -0.15) is 0 Å². The lowest BCUT2D eigenvalue weighted by Gasteiger charge is -2.39. The second kappa shape index (κ2) is 15.0. The van der Waals surface area contributed by atoms with Crippen molar-refractivity contribution < 1.29 is 14.4 Å². The Morgan fingerprint density at radius 1 is 0.886 bits per heavy atom. The van der Waals surface area contributed by atoms with Gasteiger partial charge in [0.15, 0.2) is 0 Å². The Bertz CT molecular complexity index is 1440. The first-order valence-corrected chi connectivity index (χ1v) is 16.3. The minimum absolute atomic E-state index is 0.125. The van der Waals surface area contributed by atoms with Crippen LogP contribution < -0.4 is 5.73 Å². The molecule has 0 radical (unpaired) electrons. The first-order chi connectivity index (χ1) is 20.9. The van der Waals surface area contributed by atoms with Crippen LogP contribution in [0.3, 0.4) is 0 Å². The van der Waals surface area contributed by atoms with Crippen molar-refractivity contribution in [3.8, 4) is 0 Å². The lowest BCUT2D eigenvalue weighted by atomic mass is 9.99. The van der Waals surface area contributed by atoms with E-state index in [2.05, 4.69) is 17.1 Å². The Morgan fingerprint density at radius 2 is 1.57 bits per heavy atom. The van der Waals surface area contributed by atoms with Gasteiger partial charge in [-0.1, -0.05) is 61.0 Å². The molecule has 4 rings (SSSR count). The van der Waals surface area contributed by atoms with Crippen LogP contribution in [-0.4, -0.2) is 89.4 Å². The maximum Gasteiger partial charge on any atom is 0.259 e. The molecule has 44 heavy (non-hydrogen) atoms. The minimum Gasteiger partial charge on any atom is -0.331 e. The molecular formula is C35H47N5O3S. The molecule has 0 saturated carbocycles.